The lowest BCUT2D eigenvalue weighted by molar-refractivity contribution is -0.157. The van der Waals surface area contributed by atoms with Crippen LogP contribution in [0.3, 0.4) is 0 Å². The Labute approximate surface area is 124 Å². The second kappa shape index (κ2) is 5.46. The third-order valence-corrected chi connectivity index (χ3v) is 4.01. The van der Waals surface area contributed by atoms with Gasteiger partial charge in [0.15, 0.2) is 0 Å². The Kier molecular flexibility index (Phi) is 4.02. The normalized spacial score (nSPS) is 21.8. The minimum absolute atomic E-state index is 0.0455. The highest BCUT2D eigenvalue weighted by molar-refractivity contribution is 5.99. The topological polar surface area (TPSA) is 80.1 Å². The van der Waals surface area contributed by atoms with Crippen LogP contribution in [0.2, 0.25) is 0 Å². The Balaban J connectivity index is 2.33. The fraction of sp³-hybridized carbons (Fsp3) is 0.714. The largest absolute Gasteiger partial charge is 0.342 e. The SMILES string of the molecule is CCn1ncnc1CN1C(=O)C(C(C)C)NC(=O)C1(C)C. The molecule has 0 aromatic carbocycles. The Morgan fingerprint density at radius 3 is 2.62 bits per heavy atom. The van der Waals surface area contributed by atoms with Crippen molar-refractivity contribution in [2.75, 3.05) is 0 Å². The van der Waals surface area contributed by atoms with Gasteiger partial charge in [0.2, 0.25) is 11.8 Å². The zero-order valence-electron chi connectivity index (χ0n) is 13.3. The predicted molar refractivity (Wildman–Crippen MR) is 77.1 cm³/mol. The molecule has 1 aliphatic rings. The standard InChI is InChI=1S/C14H23N5O2/c1-6-19-10(15-8-16-19)7-18-12(20)11(9(2)3)17-13(21)14(18,4)5/h8-9,11H,6-7H2,1-5H3,(H,17,21). The fourth-order valence-electron chi connectivity index (χ4n) is 2.49. The molecule has 2 rings (SSSR count). The number of hydrogen-bond donors (Lipinski definition) is 1. The molecule has 1 saturated heterocycles. The van der Waals surface area contributed by atoms with E-state index in [0.717, 1.165) is 0 Å². The minimum atomic E-state index is -0.896. The zero-order chi connectivity index (χ0) is 15.8. The van der Waals surface area contributed by atoms with Gasteiger partial charge in [-0.25, -0.2) is 9.67 Å². The molecule has 21 heavy (non-hydrogen) atoms. The van der Waals surface area contributed by atoms with Gasteiger partial charge in [0, 0.05) is 6.54 Å². The first kappa shape index (κ1) is 15.5. The Morgan fingerprint density at radius 1 is 1.38 bits per heavy atom. The van der Waals surface area contributed by atoms with Crippen molar-refractivity contribution >= 4 is 11.8 Å². The number of aryl methyl sites for hydroxylation is 1. The number of carbonyl (C=O) groups excluding carboxylic acids is 2. The van der Waals surface area contributed by atoms with E-state index in [2.05, 4.69) is 15.4 Å². The average Bonchev–Trinajstić information content (AvgIpc) is 2.86. The molecule has 1 fully saturated rings. The quantitative estimate of drug-likeness (QED) is 0.879. The summed E-state index contributed by atoms with van der Waals surface area (Å²) in [5.41, 5.74) is -0.896. The first-order valence-electron chi connectivity index (χ1n) is 7.28. The van der Waals surface area contributed by atoms with Crippen LogP contribution in [-0.4, -0.2) is 43.1 Å². The van der Waals surface area contributed by atoms with Gasteiger partial charge in [0.25, 0.3) is 0 Å². The third kappa shape index (κ3) is 2.64. The molecule has 1 aromatic heterocycles. The van der Waals surface area contributed by atoms with E-state index in [-0.39, 0.29) is 24.3 Å². The maximum absolute atomic E-state index is 12.7. The summed E-state index contributed by atoms with van der Waals surface area (Å²) in [5.74, 6) is 0.531. The summed E-state index contributed by atoms with van der Waals surface area (Å²) >= 11 is 0. The Bertz CT molecular complexity index is 549. The Morgan fingerprint density at radius 2 is 2.05 bits per heavy atom. The molecular weight excluding hydrogens is 270 g/mol. The summed E-state index contributed by atoms with van der Waals surface area (Å²) in [5, 5.41) is 6.93. The van der Waals surface area contributed by atoms with Crippen LogP contribution < -0.4 is 5.32 Å². The van der Waals surface area contributed by atoms with E-state index in [9.17, 15) is 9.59 Å². The summed E-state index contributed by atoms with van der Waals surface area (Å²) in [6.07, 6.45) is 1.47. The molecule has 0 aliphatic carbocycles. The molecule has 1 unspecified atom stereocenters. The first-order valence-corrected chi connectivity index (χ1v) is 7.28. The summed E-state index contributed by atoms with van der Waals surface area (Å²) < 4.78 is 1.74. The summed E-state index contributed by atoms with van der Waals surface area (Å²) in [6.45, 7) is 10.3. The molecule has 7 heteroatoms. The van der Waals surface area contributed by atoms with Crippen molar-refractivity contribution in [1.82, 2.24) is 25.0 Å². The molecule has 116 valence electrons. The van der Waals surface area contributed by atoms with Crippen LogP contribution in [0.25, 0.3) is 0 Å². The fourth-order valence-corrected chi connectivity index (χ4v) is 2.49. The molecule has 1 N–H and O–H groups in total. The number of piperazine rings is 1. The molecule has 1 aliphatic heterocycles. The van der Waals surface area contributed by atoms with Crippen LogP contribution in [0.15, 0.2) is 6.33 Å². The van der Waals surface area contributed by atoms with Gasteiger partial charge < -0.3 is 10.2 Å². The number of amides is 2. The summed E-state index contributed by atoms with van der Waals surface area (Å²) in [4.78, 5) is 30.8. The maximum atomic E-state index is 12.7. The number of rotatable bonds is 4. The van der Waals surface area contributed by atoms with Gasteiger partial charge in [-0.1, -0.05) is 13.8 Å². The van der Waals surface area contributed by atoms with E-state index >= 15 is 0 Å². The number of carbonyl (C=O) groups is 2. The average molecular weight is 293 g/mol. The van der Waals surface area contributed by atoms with Crippen LogP contribution in [0.4, 0.5) is 0 Å². The number of nitrogens with zero attached hydrogens (tertiary/aromatic N) is 4. The number of hydrogen-bond acceptors (Lipinski definition) is 4. The number of aromatic nitrogens is 3. The van der Waals surface area contributed by atoms with Gasteiger partial charge in [0.05, 0.1) is 6.54 Å². The van der Waals surface area contributed by atoms with Gasteiger partial charge in [-0.05, 0) is 26.7 Å². The van der Waals surface area contributed by atoms with E-state index in [4.69, 9.17) is 0 Å². The molecule has 7 nitrogen and oxygen atoms in total. The lowest BCUT2D eigenvalue weighted by Gasteiger charge is -2.45. The van der Waals surface area contributed by atoms with Crippen LogP contribution in [0.1, 0.15) is 40.4 Å². The second-order valence-electron chi connectivity index (χ2n) is 6.17. The van der Waals surface area contributed by atoms with Gasteiger partial charge in [-0.3, -0.25) is 9.59 Å². The van der Waals surface area contributed by atoms with Gasteiger partial charge in [0.1, 0.15) is 23.7 Å². The van der Waals surface area contributed by atoms with E-state index in [1.165, 1.54) is 6.33 Å². The van der Waals surface area contributed by atoms with E-state index in [1.807, 2.05) is 20.8 Å². The number of nitrogens with one attached hydrogen (secondary N) is 1. The molecular formula is C14H23N5O2. The van der Waals surface area contributed by atoms with E-state index in [0.29, 0.717) is 12.4 Å². The molecule has 1 aromatic rings. The van der Waals surface area contributed by atoms with Crippen molar-refractivity contribution in [2.24, 2.45) is 5.92 Å². The van der Waals surface area contributed by atoms with Gasteiger partial charge >= 0.3 is 0 Å². The molecule has 0 radical (unpaired) electrons. The van der Waals surface area contributed by atoms with Crippen LogP contribution >= 0.6 is 0 Å². The van der Waals surface area contributed by atoms with Gasteiger partial charge in [-0.15, -0.1) is 0 Å². The molecule has 2 amide bonds. The van der Waals surface area contributed by atoms with Crippen molar-refractivity contribution in [2.45, 2.75) is 59.3 Å². The van der Waals surface area contributed by atoms with Crippen molar-refractivity contribution < 1.29 is 9.59 Å². The zero-order valence-corrected chi connectivity index (χ0v) is 13.3. The predicted octanol–water partition coefficient (Wildman–Crippen LogP) is 0.560. The van der Waals surface area contributed by atoms with Crippen LogP contribution in [0, 0.1) is 5.92 Å². The van der Waals surface area contributed by atoms with Gasteiger partial charge in [-0.2, -0.15) is 5.10 Å². The van der Waals surface area contributed by atoms with Crippen molar-refractivity contribution in [1.29, 1.82) is 0 Å². The molecule has 1 atom stereocenters. The van der Waals surface area contributed by atoms with Crippen molar-refractivity contribution in [3.63, 3.8) is 0 Å². The second-order valence-corrected chi connectivity index (χ2v) is 6.17. The highest BCUT2D eigenvalue weighted by Crippen LogP contribution is 2.25. The van der Waals surface area contributed by atoms with E-state index < -0.39 is 11.6 Å². The third-order valence-electron chi connectivity index (χ3n) is 4.01. The smallest absolute Gasteiger partial charge is 0.246 e. The minimum Gasteiger partial charge on any atom is -0.342 e. The summed E-state index contributed by atoms with van der Waals surface area (Å²) in [7, 11) is 0. The highest BCUT2D eigenvalue weighted by Gasteiger charge is 2.47. The first-order chi connectivity index (χ1) is 9.78. The molecule has 0 saturated carbocycles. The monoisotopic (exact) mass is 293 g/mol. The van der Waals surface area contributed by atoms with Crippen LogP contribution in [0.5, 0.6) is 0 Å². The lowest BCUT2D eigenvalue weighted by Crippen LogP contribution is -2.69. The van der Waals surface area contributed by atoms with Crippen molar-refractivity contribution in [3.8, 4) is 0 Å². The maximum Gasteiger partial charge on any atom is 0.246 e. The van der Waals surface area contributed by atoms with Crippen molar-refractivity contribution in [3.05, 3.63) is 12.2 Å². The molecule has 0 bridgehead atoms. The summed E-state index contributed by atoms with van der Waals surface area (Å²) in [6, 6.07) is -0.483. The molecule has 0 spiro atoms. The Hall–Kier alpha value is -1.92. The molecule has 2 heterocycles. The highest BCUT2D eigenvalue weighted by atomic mass is 16.2. The lowest BCUT2D eigenvalue weighted by atomic mass is 9.91. The van der Waals surface area contributed by atoms with E-state index in [1.54, 1.807) is 23.4 Å². The van der Waals surface area contributed by atoms with Crippen LogP contribution in [-0.2, 0) is 22.7 Å².